The third-order valence-electron chi connectivity index (χ3n) is 4.86. The van der Waals surface area contributed by atoms with E-state index < -0.39 is 0 Å². The molecule has 4 rings (SSSR count). The van der Waals surface area contributed by atoms with Gasteiger partial charge in [-0.15, -0.1) is 0 Å². The molecular weight excluding hydrogens is 332 g/mol. The summed E-state index contributed by atoms with van der Waals surface area (Å²) in [5, 5.41) is 1.02. The maximum Gasteiger partial charge on any atom is 0.316 e. The van der Waals surface area contributed by atoms with Crippen molar-refractivity contribution in [3.05, 3.63) is 90.6 Å². The van der Waals surface area contributed by atoms with Gasteiger partial charge in [-0.25, -0.2) is 4.98 Å². The van der Waals surface area contributed by atoms with E-state index in [9.17, 15) is 0 Å². The van der Waals surface area contributed by atoms with Crippen molar-refractivity contribution >= 4 is 10.9 Å². The molecule has 0 aliphatic carbocycles. The third kappa shape index (κ3) is 3.98. The molecule has 4 aromatic rings. The summed E-state index contributed by atoms with van der Waals surface area (Å²) in [5.74, 6) is 0.310. The van der Waals surface area contributed by atoms with Gasteiger partial charge in [-0.1, -0.05) is 79.7 Å². The molecule has 134 valence electrons. The standard InChI is InChI=1S/C24H22N2O/c1-2-18(17-27-24-25-16-22-10-6-7-11-23(22)26-24)20-12-14-21(15-13-20)19-8-4-3-5-9-19/h3-16,18H,2,17H2,1H3. The van der Waals surface area contributed by atoms with Gasteiger partial charge in [0.05, 0.1) is 12.1 Å². The van der Waals surface area contributed by atoms with Crippen LogP contribution in [0.1, 0.15) is 24.8 Å². The molecule has 3 aromatic carbocycles. The molecule has 0 amide bonds. The SMILES string of the molecule is CCC(COc1ncc2ccccc2n1)c1ccc(-c2ccccc2)cc1. The van der Waals surface area contributed by atoms with Crippen molar-refractivity contribution in [2.75, 3.05) is 6.61 Å². The molecule has 0 aliphatic heterocycles. The minimum Gasteiger partial charge on any atom is -0.463 e. The van der Waals surface area contributed by atoms with E-state index in [0.717, 1.165) is 17.3 Å². The van der Waals surface area contributed by atoms with Gasteiger partial charge in [0.15, 0.2) is 0 Å². The molecule has 3 nitrogen and oxygen atoms in total. The van der Waals surface area contributed by atoms with Crippen molar-refractivity contribution in [3.63, 3.8) is 0 Å². The number of benzene rings is 3. The molecule has 0 spiro atoms. The van der Waals surface area contributed by atoms with Gasteiger partial charge in [-0.2, -0.15) is 4.98 Å². The number of aromatic nitrogens is 2. The summed E-state index contributed by atoms with van der Waals surface area (Å²) < 4.78 is 5.91. The van der Waals surface area contributed by atoms with E-state index in [4.69, 9.17) is 4.74 Å². The first-order valence-corrected chi connectivity index (χ1v) is 9.33. The molecule has 1 atom stereocenters. The average Bonchev–Trinajstić information content (AvgIpc) is 2.75. The molecule has 0 bridgehead atoms. The van der Waals surface area contributed by atoms with Crippen LogP contribution in [0.3, 0.4) is 0 Å². The Morgan fingerprint density at radius 1 is 0.815 bits per heavy atom. The Bertz CT molecular complexity index is 1010. The van der Waals surface area contributed by atoms with Gasteiger partial charge < -0.3 is 4.74 Å². The van der Waals surface area contributed by atoms with Gasteiger partial charge in [0, 0.05) is 17.5 Å². The summed E-state index contributed by atoms with van der Waals surface area (Å²) in [6, 6.07) is 27.6. The maximum atomic E-state index is 5.91. The second-order valence-electron chi connectivity index (χ2n) is 6.62. The fourth-order valence-corrected chi connectivity index (χ4v) is 3.23. The highest BCUT2D eigenvalue weighted by Crippen LogP contribution is 2.25. The second-order valence-corrected chi connectivity index (χ2v) is 6.62. The smallest absolute Gasteiger partial charge is 0.316 e. The molecular formula is C24H22N2O. The summed E-state index contributed by atoms with van der Waals surface area (Å²) in [6.45, 7) is 2.75. The number of nitrogens with zero attached hydrogens (tertiary/aromatic N) is 2. The van der Waals surface area contributed by atoms with E-state index in [1.54, 1.807) is 0 Å². The highest BCUT2D eigenvalue weighted by Gasteiger charge is 2.12. The quantitative estimate of drug-likeness (QED) is 0.434. The number of hydrogen-bond donors (Lipinski definition) is 0. The van der Waals surface area contributed by atoms with E-state index in [-0.39, 0.29) is 0 Å². The number of ether oxygens (including phenoxy) is 1. The second kappa shape index (κ2) is 8.00. The van der Waals surface area contributed by atoms with Crippen LogP contribution in [-0.2, 0) is 0 Å². The Morgan fingerprint density at radius 2 is 1.52 bits per heavy atom. The predicted molar refractivity (Wildman–Crippen MR) is 110 cm³/mol. The first-order chi connectivity index (χ1) is 13.3. The highest BCUT2D eigenvalue weighted by molar-refractivity contribution is 5.77. The van der Waals surface area contributed by atoms with Crippen molar-refractivity contribution in [3.8, 4) is 17.1 Å². The summed E-state index contributed by atoms with van der Waals surface area (Å²) >= 11 is 0. The van der Waals surface area contributed by atoms with E-state index >= 15 is 0 Å². The Hall–Kier alpha value is -3.20. The zero-order valence-electron chi connectivity index (χ0n) is 15.4. The Labute approximate surface area is 159 Å². The number of para-hydroxylation sites is 1. The number of hydrogen-bond acceptors (Lipinski definition) is 3. The van der Waals surface area contributed by atoms with Crippen molar-refractivity contribution in [1.29, 1.82) is 0 Å². The normalized spacial score (nSPS) is 12.0. The molecule has 1 aromatic heterocycles. The molecule has 0 N–H and O–H groups in total. The van der Waals surface area contributed by atoms with Gasteiger partial charge in [-0.3, -0.25) is 0 Å². The lowest BCUT2D eigenvalue weighted by atomic mass is 9.95. The fraction of sp³-hybridized carbons (Fsp3) is 0.167. The minimum absolute atomic E-state index is 0.310. The first-order valence-electron chi connectivity index (χ1n) is 9.33. The third-order valence-corrected chi connectivity index (χ3v) is 4.86. The van der Waals surface area contributed by atoms with Crippen LogP contribution in [0.4, 0.5) is 0 Å². The molecule has 1 unspecified atom stereocenters. The summed E-state index contributed by atoms with van der Waals surface area (Å²) in [5.41, 5.74) is 4.65. The molecule has 0 aliphatic rings. The maximum absolute atomic E-state index is 5.91. The largest absolute Gasteiger partial charge is 0.463 e. The van der Waals surface area contributed by atoms with Crippen LogP contribution >= 0.6 is 0 Å². The van der Waals surface area contributed by atoms with Crippen molar-refractivity contribution < 1.29 is 4.74 Å². The number of fused-ring (bicyclic) bond motifs is 1. The van der Waals surface area contributed by atoms with Crippen molar-refractivity contribution in [2.45, 2.75) is 19.3 Å². The lowest BCUT2D eigenvalue weighted by molar-refractivity contribution is 0.264. The van der Waals surface area contributed by atoms with E-state index in [2.05, 4.69) is 65.4 Å². The lowest BCUT2D eigenvalue weighted by Crippen LogP contribution is -2.11. The van der Waals surface area contributed by atoms with Gasteiger partial charge in [0.2, 0.25) is 0 Å². The highest BCUT2D eigenvalue weighted by atomic mass is 16.5. The molecule has 0 saturated heterocycles. The molecule has 0 radical (unpaired) electrons. The molecule has 27 heavy (non-hydrogen) atoms. The Kier molecular flexibility index (Phi) is 5.10. The van der Waals surface area contributed by atoms with Gasteiger partial charge in [0.1, 0.15) is 0 Å². The van der Waals surface area contributed by atoms with Gasteiger partial charge >= 0.3 is 6.01 Å². The average molecular weight is 354 g/mol. The van der Waals surface area contributed by atoms with Crippen LogP contribution in [0.25, 0.3) is 22.0 Å². The topological polar surface area (TPSA) is 35.0 Å². The van der Waals surface area contributed by atoms with Gasteiger partial charge in [0.25, 0.3) is 0 Å². The van der Waals surface area contributed by atoms with Crippen LogP contribution in [0.15, 0.2) is 85.1 Å². The molecule has 0 fully saturated rings. The van der Waals surface area contributed by atoms with Gasteiger partial charge in [-0.05, 0) is 29.2 Å². The van der Waals surface area contributed by atoms with Crippen LogP contribution in [0, 0.1) is 0 Å². The van der Waals surface area contributed by atoms with E-state index in [1.165, 1.54) is 16.7 Å². The van der Waals surface area contributed by atoms with Crippen molar-refractivity contribution in [2.24, 2.45) is 0 Å². The summed E-state index contributed by atoms with van der Waals surface area (Å²) in [7, 11) is 0. The van der Waals surface area contributed by atoms with Crippen LogP contribution < -0.4 is 4.74 Å². The minimum atomic E-state index is 0.310. The number of rotatable bonds is 6. The summed E-state index contributed by atoms with van der Waals surface area (Å²) in [4.78, 5) is 8.82. The predicted octanol–water partition coefficient (Wildman–Crippen LogP) is 5.87. The van der Waals surface area contributed by atoms with E-state index in [1.807, 2.05) is 36.5 Å². The Balaban J connectivity index is 1.46. The first kappa shape index (κ1) is 17.2. The molecule has 3 heteroatoms. The monoisotopic (exact) mass is 354 g/mol. The Morgan fingerprint density at radius 3 is 2.30 bits per heavy atom. The molecule has 0 saturated carbocycles. The lowest BCUT2D eigenvalue weighted by Gasteiger charge is -2.16. The zero-order valence-corrected chi connectivity index (χ0v) is 15.4. The summed E-state index contributed by atoms with van der Waals surface area (Å²) in [6.07, 6.45) is 2.81. The van der Waals surface area contributed by atoms with Crippen LogP contribution in [0.2, 0.25) is 0 Å². The van der Waals surface area contributed by atoms with Crippen LogP contribution in [0.5, 0.6) is 6.01 Å². The van der Waals surface area contributed by atoms with Crippen LogP contribution in [-0.4, -0.2) is 16.6 Å². The molecule has 1 heterocycles. The van der Waals surface area contributed by atoms with E-state index in [0.29, 0.717) is 18.5 Å². The fourth-order valence-electron chi connectivity index (χ4n) is 3.23. The zero-order chi connectivity index (χ0) is 18.5. The van der Waals surface area contributed by atoms with Crippen molar-refractivity contribution in [1.82, 2.24) is 9.97 Å².